The number of benzene rings is 3. The Morgan fingerprint density at radius 3 is 2.00 bits per heavy atom. The van der Waals surface area contributed by atoms with Crippen LogP contribution in [0.15, 0.2) is 66.7 Å². The Balaban J connectivity index is 1.68. The van der Waals surface area contributed by atoms with Gasteiger partial charge in [0.25, 0.3) is 0 Å². The number of nitrogens with two attached hydrogens (primary N) is 2. The molecule has 0 saturated carbocycles. The Hall–Kier alpha value is -4.68. The number of methoxy groups -OCH3 is 1. The van der Waals surface area contributed by atoms with Crippen molar-refractivity contribution in [2.24, 2.45) is 11.5 Å². The van der Waals surface area contributed by atoms with Crippen molar-refractivity contribution in [1.82, 2.24) is 16.0 Å². The van der Waals surface area contributed by atoms with Crippen LogP contribution in [0.1, 0.15) is 51.0 Å². The lowest BCUT2D eigenvalue weighted by atomic mass is 10.0. The highest BCUT2D eigenvalue weighted by molar-refractivity contribution is 6.01. The molecule has 0 aromatic heterocycles. The van der Waals surface area contributed by atoms with E-state index in [-0.39, 0.29) is 6.61 Å². The molecular weight excluding hydrogens is 588 g/mol. The number of nitrogens with one attached hydrogen (secondary N) is 4. The van der Waals surface area contributed by atoms with Crippen molar-refractivity contribution in [3.8, 4) is 5.75 Å². The van der Waals surface area contributed by atoms with Gasteiger partial charge in [-0.25, -0.2) is 4.79 Å². The molecule has 0 aliphatic heterocycles. The zero-order valence-corrected chi connectivity index (χ0v) is 26.6. The first-order valence-electron chi connectivity index (χ1n) is 15.6. The summed E-state index contributed by atoms with van der Waals surface area (Å²) in [5.41, 5.74) is 12.7. The van der Waals surface area contributed by atoms with E-state index in [1.54, 1.807) is 13.2 Å². The van der Waals surface area contributed by atoms with Gasteiger partial charge in [-0.05, 0) is 75.6 Å². The Labute approximate surface area is 269 Å². The molecule has 0 unspecified atom stereocenters. The largest absolute Gasteiger partial charge is 0.496 e. The van der Waals surface area contributed by atoms with Crippen LogP contribution in [-0.2, 0) is 25.7 Å². The molecule has 0 heterocycles. The molecule has 3 rings (SSSR count). The van der Waals surface area contributed by atoms with E-state index in [9.17, 15) is 19.2 Å². The van der Waals surface area contributed by atoms with Crippen LogP contribution in [0.5, 0.6) is 5.75 Å². The molecule has 12 nitrogen and oxygen atoms in total. The molecule has 0 bridgehead atoms. The van der Waals surface area contributed by atoms with Crippen LogP contribution in [0.25, 0.3) is 10.8 Å². The maximum absolute atomic E-state index is 13.6. The number of carbonyl (C=O) groups is 4. The molecule has 46 heavy (non-hydrogen) atoms. The van der Waals surface area contributed by atoms with E-state index in [0.29, 0.717) is 63.1 Å². The fourth-order valence-corrected chi connectivity index (χ4v) is 4.85. The number of carbonyl (C=O) groups excluding carboxylic acids is 4. The summed E-state index contributed by atoms with van der Waals surface area (Å²) in [5.74, 6) is -0.900. The third-order valence-electron chi connectivity index (χ3n) is 7.41. The summed E-state index contributed by atoms with van der Waals surface area (Å²) in [6, 6.07) is 17.5. The topological polar surface area (TPSA) is 187 Å². The van der Waals surface area contributed by atoms with Crippen molar-refractivity contribution in [3.63, 3.8) is 0 Å². The molecule has 0 spiro atoms. The Bertz CT molecular complexity index is 1440. The molecule has 3 aromatic carbocycles. The van der Waals surface area contributed by atoms with E-state index >= 15 is 0 Å². The van der Waals surface area contributed by atoms with E-state index < -0.39 is 41.9 Å². The van der Waals surface area contributed by atoms with Gasteiger partial charge in [0.15, 0.2) is 0 Å². The molecule has 3 aromatic rings. The van der Waals surface area contributed by atoms with Crippen LogP contribution in [0.2, 0.25) is 0 Å². The molecule has 0 aliphatic carbocycles. The van der Waals surface area contributed by atoms with E-state index in [1.165, 1.54) is 6.92 Å². The van der Waals surface area contributed by atoms with Crippen molar-refractivity contribution in [2.45, 2.75) is 70.2 Å². The summed E-state index contributed by atoms with van der Waals surface area (Å²) < 4.78 is 10.7. The van der Waals surface area contributed by atoms with Crippen LogP contribution in [0, 0.1) is 0 Å². The lowest BCUT2D eigenvalue weighted by molar-refractivity contribution is -0.131. The highest BCUT2D eigenvalue weighted by Crippen LogP contribution is 2.30. The maximum atomic E-state index is 13.6. The van der Waals surface area contributed by atoms with E-state index in [4.69, 9.17) is 20.9 Å². The fourth-order valence-electron chi connectivity index (χ4n) is 4.85. The number of ether oxygens (including phenoxy) is 2. The highest BCUT2D eigenvalue weighted by atomic mass is 16.5. The first-order chi connectivity index (χ1) is 22.2. The smallest absolute Gasteiger partial charge is 0.408 e. The van der Waals surface area contributed by atoms with Gasteiger partial charge in [-0.2, -0.15) is 0 Å². The number of fused-ring (bicyclic) bond motifs is 1. The number of anilines is 1. The predicted octanol–water partition coefficient (Wildman–Crippen LogP) is 3.33. The van der Waals surface area contributed by atoms with Crippen LogP contribution < -0.4 is 37.5 Å². The second-order valence-electron chi connectivity index (χ2n) is 11.0. The number of hydrogen-bond acceptors (Lipinski definition) is 8. The van der Waals surface area contributed by atoms with Crippen molar-refractivity contribution in [3.05, 3.63) is 72.3 Å². The molecule has 248 valence electrons. The van der Waals surface area contributed by atoms with Crippen LogP contribution in [0.3, 0.4) is 0 Å². The van der Waals surface area contributed by atoms with Gasteiger partial charge in [-0.15, -0.1) is 0 Å². The molecule has 0 saturated heterocycles. The quantitative estimate of drug-likeness (QED) is 0.115. The molecule has 3 atom stereocenters. The number of unbranched alkanes of at least 4 members (excludes halogenated alkanes) is 2. The molecular formula is C34H46N6O6. The van der Waals surface area contributed by atoms with E-state index in [1.807, 2.05) is 60.7 Å². The molecule has 0 fully saturated rings. The summed E-state index contributed by atoms with van der Waals surface area (Å²) >= 11 is 0. The highest BCUT2D eigenvalue weighted by Gasteiger charge is 2.28. The van der Waals surface area contributed by atoms with Crippen molar-refractivity contribution in [2.75, 3.05) is 25.5 Å². The lowest BCUT2D eigenvalue weighted by Crippen LogP contribution is -2.55. The first kappa shape index (κ1) is 35.8. The minimum atomic E-state index is -0.986. The molecule has 8 N–H and O–H groups in total. The van der Waals surface area contributed by atoms with Crippen molar-refractivity contribution in [1.29, 1.82) is 0 Å². The first-order valence-corrected chi connectivity index (χ1v) is 15.6. The fraction of sp³-hybridized carbons (Fsp3) is 0.412. The number of amides is 4. The van der Waals surface area contributed by atoms with Gasteiger partial charge in [0.2, 0.25) is 17.7 Å². The number of alkyl carbamates (subject to hydrolysis) is 1. The minimum absolute atomic E-state index is 0.0464. The summed E-state index contributed by atoms with van der Waals surface area (Å²) in [6.07, 6.45) is 2.35. The summed E-state index contributed by atoms with van der Waals surface area (Å²) in [6.45, 7) is 2.41. The van der Waals surface area contributed by atoms with Gasteiger partial charge in [-0.3, -0.25) is 14.4 Å². The molecule has 0 radical (unpaired) electrons. The maximum Gasteiger partial charge on any atom is 0.408 e. The Morgan fingerprint density at radius 2 is 1.35 bits per heavy atom. The van der Waals surface area contributed by atoms with Gasteiger partial charge in [0.1, 0.15) is 30.5 Å². The van der Waals surface area contributed by atoms with Crippen LogP contribution in [0.4, 0.5) is 10.5 Å². The van der Waals surface area contributed by atoms with Crippen LogP contribution in [-0.4, -0.2) is 62.1 Å². The number of rotatable bonds is 18. The van der Waals surface area contributed by atoms with Crippen molar-refractivity contribution >= 4 is 40.3 Å². The third kappa shape index (κ3) is 11.4. The summed E-state index contributed by atoms with van der Waals surface area (Å²) in [7, 11) is 1.56. The second-order valence-corrected chi connectivity index (χ2v) is 11.0. The SMILES string of the molecule is COc1cc(NC(=O)[C@H](CCCCN)NC(=O)[C@H](CCCCN)NC(=O)[C@H](C)NC(=O)OCc2ccccc2)cc2ccccc12. The molecule has 4 amide bonds. The average molecular weight is 635 g/mol. The van der Waals surface area contributed by atoms with E-state index in [0.717, 1.165) is 16.3 Å². The summed E-state index contributed by atoms with van der Waals surface area (Å²) in [5, 5.41) is 12.7. The summed E-state index contributed by atoms with van der Waals surface area (Å²) in [4.78, 5) is 52.4. The normalized spacial score (nSPS) is 12.8. The zero-order valence-electron chi connectivity index (χ0n) is 26.6. The third-order valence-corrected chi connectivity index (χ3v) is 7.41. The second kappa shape index (κ2) is 19.0. The Morgan fingerprint density at radius 1 is 0.739 bits per heavy atom. The molecule has 12 heteroatoms. The predicted molar refractivity (Wildman–Crippen MR) is 178 cm³/mol. The van der Waals surface area contributed by atoms with Gasteiger partial charge >= 0.3 is 6.09 Å². The van der Waals surface area contributed by atoms with Gasteiger partial charge in [0, 0.05) is 17.1 Å². The zero-order chi connectivity index (χ0) is 33.3. The van der Waals surface area contributed by atoms with E-state index in [2.05, 4.69) is 21.3 Å². The molecule has 0 aliphatic rings. The van der Waals surface area contributed by atoms with Gasteiger partial charge in [-0.1, -0.05) is 54.6 Å². The minimum Gasteiger partial charge on any atom is -0.496 e. The number of hydrogen-bond donors (Lipinski definition) is 6. The van der Waals surface area contributed by atoms with Crippen molar-refractivity contribution < 1.29 is 28.7 Å². The van der Waals surface area contributed by atoms with Gasteiger partial charge in [0.05, 0.1) is 7.11 Å². The van der Waals surface area contributed by atoms with Gasteiger partial charge < -0.3 is 42.2 Å². The Kier molecular flexibility index (Phi) is 14.8. The van der Waals surface area contributed by atoms with Crippen LogP contribution >= 0.6 is 0 Å². The monoisotopic (exact) mass is 634 g/mol. The standard InChI is InChI=1S/C34H46N6O6/c1-23(37-34(44)46-22-24-12-4-3-5-13-24)31(41)39-29(17-9-11-19-36)33(43)40-28(16-8-10-18-35)32(42)38-26-20-25-14-6-7-15-27(25)30(21-26)45-2/h3-7,12-15,20-21,23,28-29H,8-11,16-19,22,35-36H2,1-2H3,(H,37,44)(H,38,42)(H,39,41)(H,40,43)/t23-,28-,29-/m0/s1. The average Bonchev–Trinajstić information content (AvgIpc) is 3.06. The lowest BCUT2D eigenvalue weighted by Gasteiger charge is -2.24.